The number of carbonyl (C=O) groups excluding carboxylic acids is 2. The maximum atomic E-state index is 13.3. The van der Waals surface area contributed by atoms with Gasteiger partial charge in [0.15, 0.2) is 0 Å². The predicted octanol–water partition coefficient (Wildman–Crippen LogP) is 3.34. The molecule has 0 fully saturated rings. The van der Waals surface area contributed by atoms with Crippen molar-refractivity contribution < 1.29 is 18.0 Å². The number of halogens is 2. The number of hydrogen-bond donors (Lipinski definition) is 1. The summed E-state index contributed by atoms with van der Waals surface area (Å²) >= 11 is 9.44. The second-order valence-corrected chi connectivity index (χ2v) is 10.4. The minimum absolute atomic E-state index is 0.146. The lowest BCUT2D eigenvalue weighted by molar-refractivity contribution is -0.139. The van der Waals surface area contributed by atoms with Crippen LogP contribution in [0.3, 0.4) is 0 Å². The van der Waals surface area contributed by atoms with Crippen LogP contribution in [-0.2, 0) is 26.2 Å². The molecule has 168 valence electrons. The van der Waals surface area contributed by atoms with E-state index in [1.54, 1.807) is 26.0 Å². The molecule has 2 aromatic carbocycles. The number of hydrogen-bond acceptors (Lipinski definition) is 4. The molecule has 0 aliphatic carbocycles. The summed E-state index contributed by atoms with van der Waals surface area (Å²) in [5.41, 5.74) is 1.78. The Kier molecular flexibility index (Phi) is 8.50. The first-order valence-electron chi connectivity index (χ1n) is 9.43. The minimum Gasteiger partial charge on any atom is -0.357 e. The highest BCUT2D eigenvalue weighted by Crippen LogP contribution is 2.26. The topological polar surface area (TPSA) is 86.8 Å². The summed E-state index contributed by atoms with van der Waals surface area (Å²) in [6, 6.07) is 11.4. The van der Waals surface area contributed by atoms with Crippen LogP contribution in [0.2, 0.25) is 5.02 Å². The number of nitrogens with zero attached hydrogens (tertiary/aromatic N) is 2. The Hall–Kier alpha value is -2.10. The molecular weight excluding hydrogens is 506 g/mol. The average Bonchev–Trinajstić information content (AvgIpc) is 2.71. The molecule has 1 unspecified atom stereocenters. The maximum absolute atomic E-state index is 13.3. The van der Waals surface area contributed by atoms with Crippen molar-refractivity contribution in [1.29, 1.82) is 0 Å². The molecule has 2 aromatic rings. The number of rotatable bonds is 8. The highest BCUT2D eigenvalue weighted by Gasteiger charge is 2.30. The normalized spacial score (nSPS) is 12.2. The zero-order valence-corrected chi connectivity index (χ0v) is 20.9. The smallest absolute Gasteiger partial charge is 0.244 e. The van der Waals surface area contributed by atoms with Gasteiger partial charge >= 0.3 is 0 Å². The van der Waals surface area contributed by atoms with Crippen molar-refractivity contribution in [3.05, 3.63) is 63.1 Å². The van der Waals surface area contributed by atoms with Crippen LogP contribution in [0, 0.1) is 6.92 Å². The van der Waals surface area contributed by atoms with Crippen molar-refractivity contribution in [3.63, 3.8) is 0 Å². The van der Waals surface area contributed by atoms with Crippen LogP contribution in [0.4, 0.5) is 5.69 Å². The van der Waals surface area contributed by atoms with E-state index in [0.29, 0.717) is 16.3 Å². The van der Waals surface area contributed by atoms with E-state index in [0.717, 1.165) is 20.6 Å². The Morgan fingerprint density at radius 2 is 1.77 bits per heavy atom. The highest BCUT2D eigenvalue weighted by atomic mass is 79.9. The van der Waals surface area contributed by atoms with E-state index in [9.17, 15) is 18.0 Å². The van der Waals surface area contributed by atoms with Crippen molar-refractivity contribution >= 4 is 55.1 Å². The summed E-state index contributed by atoms with van der Waals surface area (Å²) in [4.78, 5) is 27.0. The molecule has 2 amide bonds. The third kappa shape index (κ3) is 6.69. The molecule has 2 rings (SSSR count). The van der Waals surface area contributed by atoms with Gasteiger partial charge in [-0.05, 0) is 49.2 Å². The summed E-state index contributed by atoms with van der Waals surface area (Å²) in [5, 5.41) is 2.89. The SMILES string of the molecule is CNC(=O)C(C)N(Cc1ccc(Br)cc1)C(=O)CN(c1cc(Cl)ccc1C)S(C)(=O)=O. The summed E-state index contributed by atoms with van der Waals surface area (Å²) < 4.78 is 27.0. The van der Waals surface area contributed by atoms with Crippen LogP contribution in [0.5, 0.6) is 0 Å². The molecule has 7 nitrogen and oxygen atoms in total. The third-order valence-corrected chi connectivity index (χ3v) is 6.69. The summed E-state index contributed by atoms with van der Waals surface area (Å²) in [6.45, 7) is 3.02. The largest absolute Gasteiger partial charge is 0.357 e. The van der Waals surface area contributed by atoms with Crippen LogP contribution in [0.25, 0.3) is 0 Å². The van der Waals surface area contributed by atoms with Crippen molar-refractivity contribution in [2.75, 3.05) is 24.2 Å². The Bertz CT molecular complexity index is 1060. The molecule has 0 bridgehead atoms. The predicted molar refractivity (Wildman–Crippen MR) is 127 cm³/mol. The summed E-state index contributed by atoms with van der Waals surface area (Å²) in [5.74, 6) is -0.862. The van der Waals surface area contributed by atoms with Gasteiger partial charge in [-0.3, -0.25) is 13.9 Å². The lowest BCUT2D eigenvalue weighted by Gasteiger charge is -2.31. The number of sulfonamides is 1. The quantitative estimate of drug-likeness (QED) is 0.567. The monoisotopic (exact) mass is 529 g/mol. The van der Waals surface area contributed by atoms with E-state index in [1.165, 1.54) is 18.0 Å². The molecule has 0 saturated heterocycles. The van der Waals surface area contributed by atoms with Gasteiger partial charge in [-0.25, -0.2) is 8.42 Å². The van der Waals surface area contributed by atoms with Gasteiger partial charge in [-0.1, -0.05) is 45.7 Å². The van der Waals surface area contributed by atoms with E-state index in [2.05, 4.69) is 21.2 Å². The molecule has 0 aliphatic rings. The molecule has 10 heteroatoms. The Morgan fingerprint density at radius 1 is 1.16 bits per heavy atom. The van der Waals surface area contributed by atoms with Gasteiger partial charge in [0.25, 0.3) is 0 Å². The molecule has 0 saturated carbocycles. The molecule has 0 aliphatic heterocycles. The fraction of sp³-hybridized carbons (Fsp3) is 0.333. The van der Waals surface area contributed by atoms with E-state index in [1.807, 2.05) is 24.3 Å². The minimum atomic E-state index is -3.80. The van der Waals surface area contributed by atoms with Gasteiger partial charge < -0.3 is 10.2 Å². The van der Waals surface area contributed by atoms with Gasteiger partial charge in [0, 0.05) is 23.1 Å². The summed E-state index contributed by atoms with van der Waals surface area (Å²) in [6.07, 6.45) is 1.03. The Morgan fingerprint density at radius 3 is 2.32 bits per heavy atom. The molecule has 31 heavy (non-hydrogen) atoms. The molecule has 0 spiro atoms. The third-order valence-electron chi connectivity index (χ3n) is 4.80. The maximum Gasteiger partial charge on any atom is 0.244 e. The summed E-state index contributed by atoms with van der Waals surface area (Å²) in [7, 11) is -2.31. The number of likely N-dealkylation sites (N-methyl/N-ethyl adjacent to an activating group) is 1. The standard InChI is InChI=1S/C21H25BrClN3O4S/c1-14-5-10-18(23)11-19(14)26(31(4,29)30)13-20(27)25(15(2)21(28)24-3)12-16-6-8-17(22)9-7-16/h5-11,15H,12-13H2,1-4H3,(H,24,28). The molecule has 1 atom stereocenters. The zero-order valence-electron chi connectivity index (χ0n) is 17.7. The second-order valence-electron chi connectivity index (χ2n) is 7.14. The highest BCUT2D eigenvalue weighted by molar-refractivity contribution is 9.10. The van der Waals surface area contributed by atoms with Crippen molar-refractivity contribution in [1.82, 2.24) is 10.2 Å². The number of aryl methyl sites for hydroxylation is 1. The number of nitrogens with one attached hydrogen (secondary N) is 1. The number of carbonyl (C=O) groups is 2. The Balaban J connectivity index is 2.42. The van der Waals surface area contributed by atoms with Gasteiger partial charge in [0.1, 0.15) is 12.6 Å². The van der Waals surface area contributed by atoms with Crippen molar-refractivity contribution in [2.45, 2.75) is 26.4 Å². The number of amides is 2. The Labute approximate surface area is 196 Å². The van der Waals surface area contributed by atoms with Crippen molar-refractivity contribution in [3.8, 4) is 0 Å². The zero-order chi connectivity index (χ0) is 23.3. The first kappa shape index (κ1) is 25.2. The van der Waals surface area contributed by atoms with E-state index in [4.69, 9.17) is 11.6 Å². The van der Waals surface area contributed by atoms with E-state index < -0.39 is 28.5 Å². The average molecular weight is 531 g/mol. The van der Waals surface area contributed by atoms with Gasteiger partial charge in [-0.2, -0.15) is 0 Å². The lowest BCUT2D eigenvalue weighted by Crippen LogP contribution is -2.50. The van der Waals surface area contributed by atoms with Crippen LogP contribution >= 0.6 is 27.5 Å². The molecule has 0 aromatic heterocycles. The molecular formula is C21H25BrClN3O4S. The first-order chi connectivity index (χ1) is 14.4. The van der Waals surface area contributed by atoms with Crippen molar-refractivity contribution in [2.24, 2.45) is 0 Å². The molecule has 0 heterocycles. The van der Waals surface area contributed by atoms with Gasteiger partial charge in [0.2, 0.25) is 21.8 Å². The molecule has 1 N–H and O–H groups in total. The van der Waals surface area contributed by atoms with Crippen LogP contribution in [-0.4, -0.2) is 51.0 Å². The molecule has 0 radical (unpaired) electrons. The number of benzene rings is 2. The van der Waals surface area contributed by atoms with Gasteiger partial charge in [0.05, 0.1) is 11.9 Å². The number of anilines is 1. The van der Waals surface area contributed by atoms with Crippen LogP contribution in [0.15, 0.2) is 46.9 Å². The fourth-order valence-electron chi connectivity index (χ4n) is 3.02. The van der Waals surface area contributed by atoms with E-state index >= 15 is 0 Å². The van der Waals surface area contributed by atoms with E-state index in [-0.39, 0.29) is 12.5 Å². The second kappa shape index (κ2) is 10.5. The lowest BCUT2D eigenvalue weighted by atomic mass is 10.1. The van der Waals surface area contributed by atoms with Gasteiger partial charge in [-0.15, -0.1) is 0 Å². The fourth-order valence-corrected chi connectivity index (χ4v) is 4.35. The first-order valence-corrected chi connectivity index (χ1v) is 12.5. The van der Waals surface area contributed by atoms with Crippen LogP contribution in [0.1, 0.15) is 18.1 Å². The van der Waals surface area contributed by atoms with Crippen LogP contribution < -0.4 is 9.62 Å².